The second kappa shape index (κ2) is 15.9. The van der Waals surface area contributed by atoms with Crippen LogP contribution in [0.4, 0.5) is 13.2 Å². The lowest BCUT2D eigenvalue weighted by Gasteiger charge is -2.08. The quantitative estimate of drug-likeness (QED) is 0.106. The fraction of sp³-hybridized carbons (Fsp3) is 0.146. The summed E-state index contributed by atoms with van der Waals surface area (Å²) >= 11 is 0. The molecule has 5 aromatic carbocycles. The summed E-state index contributed by atoms with van der Waals surface area (Å²) in [6.45, 7) is 8.46. The number of pyridine rings is 1. The molecule has 6 aromatic rings. The number of halogens is 3. The zero-order valence-electron chi connectivity index (χ0n) is 28.0. The normalized spacial score (nSPS) is 11.1. The van der Waals surface area contributed by atoms with Crippen LogP contribution in [0.3, 0.4) is 0 Å². The molecule has 1 aromatic heterocycles. The lowest BCUT2D eigenvalue weighted by molar-refractivity contribution is -0.677. The molecular weight excluding hydrogens is 644 g/mol. The maximum Gasteiger partial charge on any atom is 0.485 e. The molecule has 0 aliphatic rings. The highest BCUT2D eigenvalue weighted by Gasteiger charge is 2.36. The molecule has 0 fully saturated rings. The molecule has 0 aliphatic heterocycles. The maximum absolute atomic E-state index is 10.7. The van der Waals surface area contributed by atoms with E-state index in [1.807, 2.05) is 0 Å². The third-order valence-electron chi connectivity index (χ3n) is 7.93. The Morgan fingerprint density at radius 1 is 0.449 bits per heavy atom. The minimum Gasteiger partial charge on any atom is -0.741 e. The lowest BCUT2D eigenvalue weighted by atomic mass is 9.99. The molecular formula is C41H38F3NO3S. The van der Waals surface area contributed by atoms with E-state index in [1.54, 1.807) is 0 Å². The minimum absolute atomic E-state index is 1.25. The molecule has 0 bridgehead atoms. The fourth-order valence-corrected chi connectivity index (χ4v) is 4.80. The topological polar surface area (TPSA) is 61.1 Å². The highest BCUT2D eigenvalue weighted by molar-refractivity contribution is 7.86. The second-order valence-electron chi connectivity index (χ2n) is 11.8. The monoisotopic (exact) mass is 681 g/mol. The van der Waals surface area contributed by atoms with Gasteiger partial charge < -0.3 is 4.55 Å². The van der Waals surface area contributed by atoms with Gasteiger partial charge in [-0.3, -0.25) is 0 Å². The highest BCUT2D eigenvalue weighted by atomic mass is 32.2. The molecule has 0 N–H and O–H groups in total. The summed E-state index contributed by atoms with van der Waals surface area (Å²) in [6.07, 6.45) is 2.18. The first kappa shape index (κ1) is 36.8. The highest BCUT2D eigenvalue weighted by Crippen LogP contribution is 2.26. The Kier molecular flexibility index (Phi) is 11.9. The van der Waals surface area contributed by atoms with Crippen molar-refractivity contribution in [3.8, 4) is 44.5 Å². The Bertz CT molecular complexity index is 2010. The van der Waals surface area contributed by atoms with Crippen LogP contribution in [-0.2, 0) is 17.2 Å². The van der Waals surface area contributed by atoms with Gasteiger partial charge in [-0.1, -0.05) is 138 Å². The number of aromatic nitrogens is 1. The van der Waals surface area contributed by atoms with Crippen LogP contribution in [0.15, 0.2) is 140 Å². The molecule has 4 nitrogen and oxygen atoms in total. The average molecular weight is 682 g/mol. The molecule has 0 atom stereocenters. The van der Waals surface area contributed by atoms with Gasteiger partial charge in [0.15, 0.2) is 22.0 Å². The van der Waals surface area contributed by atoms with Crippen LogP contribution < -0.4 is 4.57 Å². The van der Waals surface area contributed by atoms with Crippen molar-refractivity contribution in [2.45, 2.75) is 33.2 Å². The van der Waals surface area contributed by atoms with Gasteiger partial charge in [0.05, 0.1) is 0 Å². The molecule has 1 heterocycles. The largest absolute Gasteiger partial charge is 0.741 e. The summed E-state index contributed by atoms with van der Waals surface area (Å²) in [5.74, 6) is 0. The molecule has 49 heavy (non-hydrogen) atoms. The first-order chi connectivity index (χ1) is 23.1. The van der Waals surface area contributed by atoms with E-state index in [2.05, 4.69) is 179 Å². The number of hydrogen-bond donors (Lipinski definition) is 0. The Balaban J connectivity index is 0.000000182. The zero-order valence-corrected chi connectivity index (χ0v) is 28.8. The SMILES string of the molecule is Cc1ccc(-c2ccc(-c3ccc(C)[n+](C)c3)cc2)cc1.Cc1ccc(-c2ccc(-c3ccc(C)cc3)cc2)cc1.O=S(=O)([O-])C(F)(F)F. The molecule has 0 saturated carbocycles. The van der Waals surface area contributed by atoms with Crippen LogP contribution in [-0.4, -0.2) is 18.5 Å². The van der Waals surface area contributed by atoms with Crippen molar-refractivity contribution in [1.29, 1.82) is 0 Å². The van der Waals surface area contributed by atoms with Crippen molar-refractivity contribution in [1.82, 2.24) is 0 Å². The van der Waals surface area contributed by atoms with E-state index in [9.17, 15) is 13.2 Å². The summed E-state index contributed by atoms with van der Waals surface area (Å²) in [7, 11) is -4.01. The number of rotatable bonds is 4. The molecule has 0 amide bonds. The maximum atomic E-state index is 10.7. The van der Waals surface area contributed by atoms with E-state index in [0.29, 0.717) is 0 Å². The molecule has 0 spiro atoms. The molecule has 0 aliphatic carbocycles. The molecule has 0 unspecified atom stereocenters. The second-order valence-corrected chi connectivity index (χ2v) is 13.2. The van der Waals surface area contributed by atoms with E-state index >= 15 is 0 Å². The summed E-state index contributed by atoms with van der Waals surface area (Å²) in [5, 5.41) is 0. The Morgan fingerprint density at radius 3 is 0.878 bits per heavy atom. The number of aryl methyl sites for hydroxylation is 5. The smallest absolute Gasteiger partial charge is 0.485 e. The van der Waals surface area contributed by atoms with Gasteiger partial charge in [0, 0.05) is 18.6 Å². The predicted octanol–water partition coefficient (Wildman–Crippen LogP) is 10.2. The first-order valence-electron chi connectivity index (χ1n) is 15.5. The minimum atomic E-state index is -6.09. The van der Waals surface area contributed by atoms with Crippen LogP contribution in [0, 0.1) is 27.7 Å². The van der Waals surface area contributed by atoms with Gasteiger partial charge in [-0.25, -0.2) is 13.0 Å². The molecule has 0 saturated heterocycles. The van der Waals surface area contributed by atoms with Crippen molar-refractivity contribution in [2.24, 2.45) is 7.05 Å². The molecule has 0 radical (unpaired) electrons. The number of hydrogen-bond acceptors (Lipinski definition) is 3. The van der Waals surface area contributed by atoms with Crippen molar-refractivity contribution >= 4 is 10.1 Å². The summed E-state index contributed by atoms with van der Waals surface area (Å²) in [5.41, 5.74) is 9.59. The Morgan fingerprint density at radius 2 is 0.653 bits per heavy atom. The number of benzene rings is 5. The third kappa shape index (κ3) is 10.5. The number of nitrogens with zero attached hydrogens (tertiary/aromatic N) is 1. The number of alkyl halides is 3. The van der Waals surface area contributed by atoms with Crippen molar-refractivity contribution in [3.05, 3.63) is 162 Å². The van der Waals surface area contributed by atoms with Gasteiger partial charge in [0.2, 0.25) is 0 Å². The van der Waals surface area contributed by atoms with Gasteiger partial charge in [0.1, 0.15) is 7.05 Å². The predicted molar refractivity (Wildman–Crippen MR) is 191 cm³/mol. The lowest BCUT2D eigenvalue weighted by Crippen LogP contribution is -2.31. The first-order valence-corrected chi connectivity index (χ1v) is 16.9. The van der Waals surface area contributed by atoms with Crippen LogP contribution in [0.25, 0.3) is 44.5 Å². The van der Waals surface area contributed by atoms with E-state index in [-0.39, 0.29) is 0 Å². The van der Waals surface area contributed by atoms with Gasteiger partial charge in [0.25, 0.3) is 0 Å². The summed E-state index contributed by atoms with van der Waals surface area (Å²) in [6, 6.07) is 47.9. The van der Waals surface area contributed by atoms with Crippen LogP contribution >= 0.6 is 0 Å². The van der Waals surface area contributed by atoms with E-state index < -0.39 is 15.6 Å². The van der Waals surface area contributed by atoms with Crippen molar-refractivity contribution in [2.75, 3.05) is 0 Å². The van der Waals surface area contributed by atoms with Crippen LogP contribution in [0.2, 0.25) is 0 Å². The van der Waals surface area contributed by atoms with Crippen molar-refractivity contribution in [3.63, 3.8) is 0 Å². The van der Waals surface area contributed by atoms with Gasteiger partial charge in [-0.05, 0) is 65.8 Å². The fourth-order valence-electron chi connectivity index (χ4n) is 4.80. The average Bonchev–Trinajstić information content (AvgIpc) is 3.07. The standard InChI is InChI=1S/C20H20N.C20H18.CHF3O3S/c1-15-4-7-17(8-5-15)18-10-12-19(13-11-18)20-9-6-16(2)21(3)14-20;1-15-3-7-17(8-4-15)19-11-13-20(14-12-19)18-9-5-16(2)6-10-18;2-1(3,4)8(5,6)7/h4-14H,1-3H3;3-14H,1-2H3;(H,5,6,7)/q+1;;/p-1. The molecule has 252 valence electrons. The van der Waals surface area contributed by atoms with Gasteiger partial charge in [-0.2, -0.15) is 13.2 Å². The van der Waals surface area contributed by atoms with E-state index in [1.165, 1.54) is 66.9 Å². The summed E-state index contributed by atoms with van der Waals surface area (Å²) in [4.78, 5) is 0. The third-order valence-corrected chi connectivity index (χ3v) is 8.50. The van der Waals surface area contributed by atoms with Crippen molar-refractivity contribution < 1.29 is 30.7 Å². The van der Waals surface area contributed by atoms with Crippen LogP contribution in [0.5, 0.6) is 0 Å². The van der Waals surface area contributed by atoms with E-state index in [4.69, 9.17) is 13.0 Å². The molecule has 6 rings (SSSR count). The van der Waals surface area contributed by atoms with Gasteiger partial charge >= 0.3 is 5.51 Å². The Labute approximate surface area is 286 Å². The van der Waals surface area contributed by atoms with Gasteiger partial charge in [-0.15, -0.1) is 0 Å². The van der Waals surface area contributed by atoms with E-state index in [0.717, 1.165) is 0 Å². The summed E-state index contributed by atoms with van der Waals surface area (Å²) < 4.78 is 61.1. The Hall–Kier alpha value is -5.05. The zero-order chi connectivity index (χ0) is 35.8. The van der Waals surface area contributed by atoms with Crippen LogP contribution in [0.1, 0.15) is 22.4 Å². The molecule has 8 heteroatoms.